The zero-order valence-corrected chi connectivity index (χ0v) is 16.2. The SMILES string of the molecule is COC(=O)c1cc(NC(=O)CSc2nncn2C(C)C)cc(C(=O)OC)c1. The van der Waals surface area contributed by atoms with E-state index >= 15 is 0 Å². The van der Waals surface area contributed by atoms with Gasteiger partial charge in [-0.05, 0) is 32.0 Å². The van der Waals surface area contributed by atoms with E-state index in [1.807, 2.05) is 18.4 Å². The first-order chi connectivity index (χ1) is 12.8. The Balaban J connectivity index is 2.12. The lowest BCUT2D eigenvalue weighted by Crippen LogP contribution is -2.16. The zero-order valence-electron chi connectivity index (χ0n) is 15.4. The lowest BCUT2D eigenvalue weighted by atomic mass is 10.1. The summed E-state index contributed by atoms with van der Waals surface area (Å²) in [6.07, 6.45) is 1.60. The summed E-state index contributed by atoms with van der Waals surface area (Å²) >= 11 is 1.23. The van der Waals surface area contributed by atoms with Gasteiger partial charge in [0.1, 0.15) is 6.33 Å². The van der Waals surface area contributed by atoms with Crippen LogP contribution >= 0.6 is 11.8 Å². The van der Waals surface area contributed by atoms with Crippen LogP contribution < -0.4 is 5.32 Å². The summed E-state index contributed by atoms with van der Waals surface area (Å²) in [6.45, 7) is 3.97. The largest absolute Gasteiger partial charge is 0.465 e. The quantitative estimate of drug-likeness (QED) is 0.563. The fourth-order valence-electron chi connectivity index (χ4n) is 2.19. The van der Waals surface area contributed by atoms with Gasteiger partial charge in [-0.1, -0.05) is 11.8 Å². The van der Waals surface area contributed by atoms with Crippen LogP contribution in [0.2, 0.25) is 0 Å². The molecule has 27 heavy (non-hydrogen) atoms. The monoisotopic (exact) mass is 392 g/mol. The van der Waals surface area contributed by atoms with Crippen molar-refractivity contribution in [1.82, 2.24) is 14.8 Å². The third kappa shape index (κ3) is 5.30. The van der Waals surface area contributed by atoms with Crippen LogP contribution in [0.15, 0.2) is 29.7 Å². The Morgan fingerprint density at radius 3 is 2.22 bits per heavy atom. The molecule has 1 aromatic heterocycles. The van der Waals surface area contributed by atoms with Crippen molar-refractivity contribution in [3.8, 4) is 0 Å². The molecule has 1 aromatic carbocycles. The number of hydrogen-bond donors (Lipinski definition) is 1. The van der Waals surface area contributed by atoms with E-state index in [0.717, 1.165) is 0 Å². The Kier molecular flexibility index (Phi) is 6.94. The summed E-state index contributed by atoms with van der Waals surface area (Å²) in [4.78, 5) is 35.8. The molecule has 0 aliphatic rings. The topological polar surface area (TPSA) is 112 Å². The molecule has 0 unspecified atom stereocenters. The van der Waals surface area contributed by atoms with Gasteiger partial charge in [-0.2, -0.15) is 0 Å². The second kappa shape index (κ2) is 9.17. The van der Waals surface area contributed by atoms with Crippen LogP contribution in [0.3, 0.4) is 0 Å². The summed E-state index contributed by atoms with van der Waals surface area (Å²) in [6, 6.07) is 4.37. The Hall–Kier alpha value is -2.88. The van der Waals surface area contributed by atoms with Crippen LogP contribution in [-0.2, 0) is 14.3 Å². The van der Waals surface area contributed by atoms with Crippen molar-refractivity contribution < 1.29 is 23.9 Å². The van der Waals surface area contributed by atoms with Gasteiger partial charge in [-0.3, -0.25) is 4.79 Å². The van der Waals surface area contributed by atoms with Gasteiger partial charge in [0, 0.05) is 11.7 Å². The van der Waals surface area contributed by atoms with Crippen LogP contribution in [-0.4, -0.2) is 52.6 Å². The predicted octanol–water partition coefficient (Wildman–Crippen LogP) is 2.16. The van der Waals surface area contributed by atoms with Gasteiger partial charge in [0.15, 0.2) is 5.16 Å². The minimum atomic E-state index is -0.629. The number of carbonyl (C=O) groups excluding carboxylic acids is 3. The lowest BCUT2D eigenvalue weighted by molar-refractivity contribution is -0.113. The van der Waals surface area contributed by atoms with E-state index in [0.29, 0.717) is 5.16 Å². The molecule has 0 aliphatic heterocycles. The maximum Gasteiger partial charge on any atom is 0.337 e. The van der Waals surface area contributed by atoms with Crippen LogP contribution in [0.5, 0.6) is 0 Å². The summed E-state index contributed by atoms with van der Waals surface area (Å²) in [5.41, 5.74) is 0.542. The molecule has 0 radical (unpaired) electrons. The highest BCUT2D eigenvalue weighted by molar-refractivity contribution is 7.99. The van der Waals surface area contributed by atoms with Gasteiger partial charge in [-0.15, -0.1) is 10.2 Å². The van der Waals surface area contributed by atoms with Crippen molar-refractivity contribution in [2.75, 3.05) is 25.3 Å². The van der Waals surface area contributed by atoms with Crippen LogP contribution in [0.4, 0.5) is 5.69 Å². The standard InChI is InChI=1S/C17H20N4O5S/c1-10(2)21-9-18-20-17(21)27-8-14(22)19-13-6-11(15(23)25-3)5-12(7-13)16(24)26-4/h5-7,9-10H,8H2,1-4H3,(H,19,22). The van der Waals surface area contributed by atoms with E-state index in [-0.39, 0.29) is 34.5 Å². The molecule has 0 fully saturated rings. The fourth-order valence-corrected chi connectivity index (χ4v) is 3.03. The van der Waals surface area contributed by atoms with Gasteiger partial charge < -0.3 is 19.4 Å². The normalized spacial score (nSPS) is 10.6. The molecule has 0 bridgehead atoms. The second-order valence-electron chi connectivity index (χ2n) is 5.73. The molecule has 9 nitrogen and oxygen atoms in total. The number of hydrogen-bond acceptors (Lipinski definition) is 8. The first-order valence-electron chi connectivity index (χ1n) is 7.99. The van der Waals surface area contributed by atoms with E-state index in [2.05, 4.69) is 25.0 Å². The minimum absolute atomic E-state index is 0.0847. The van der Waals surface area contributed by atoms with Crippen molar-refractivity contribution in [3.05, 3.63) is 35.7 Å². The van der Waals surface area contributed by atoms with Crippen LogP contribution in [0.1, 0.15) is 40.6 Å². The van der Waals surface area contributed by atoms with Crippen molar-refractivity contribution in [2.45, 2.75) is 25.0 Å². The highest BCUT2D eigenvalue weighted by Gasteiger charge is 2.16. The molecule has 2 rings (SSSR count). The molecule has 10 heteroatoms. The number of benzene rings is 1. The molecule has 1 amide bonds. The van der Waals surface area contributed by atoms with E-state index in [1.165, 1.54) is 44.2 Å². The van der Waals surface area contributed by atoms with Gasteiger partial charge >= 0.3 is 11.9 Å². The summed E-state index contributed by atoms with van der Waals surface area (Å²) in [7, 11) is 2.46. The maximum atomic E-state index is 12.3. The Morgan fingerprint density at radius 2 is 1.70 bits per heavy atom. The number of nitrogens with one attached hydrogen (secondary N) is 1. The highest BCUT2D eigenvalue weighted by atomic mass is 32.2. The van der Waals surface area contributed by atoms with Gasteiger partial charge in [0.05, 0.1) is 31.1 Å². The molecule has 0 atom stereocenters. The van der Waals surface area contributed by atoms with E-state index in [1.54, 1.807) is 6.33 Å². The molecule has 0 spiro atoms. The number of esters is 2. The van der Waals surface area contributed by atoms with Crippen molar-refractivity contribution >= 4 is 35.3 Å². The third-order valence-electron chi connectivity index (χ3n) is 3.49. The number of thioether (sulfide) groups is 1. The van der Waals surface area contributed by atoms with E-state index in [4.69, 9.17) is 0 Å². The first kappa shape index (κ1) is 20.4. The number of amides is 1. The summed E-state index contributed by atoms with van der Waals surface area (Å²) in [5, 5.41) is 11.1. The number of ether oxygens (including phenoxy) is 2. The average Bonchev–Trinajstić information content (AvgIpc) is 3.13. The molecule has 144 valence electrons. The number of methoxy groups -OCH3 is 2. The fraction of sp³-hybridized carbons (Fsp3) is 0.353. The van der Waals surface area contributed by atoms with Crippen molar-refractivity contribution in [2.24, 2.45) is 0 Å². The molecule has 1 heterocycles. The van der Waals surface area contributed by atoms with Crippen LogP contribution in [0, 0.1) is 0 Å². The number of nitrogens with zero attached hydrogens (tertiary/aromatic N) is 3. The lowest BCUT2D eigenvalue weighted by Gasteiger charge is -2.11. The Bertz CT molecular complexity index is 815. The van der Waals surface area contributed by atoms with Crippen molar-refractivity contribution in [3.63, 3.8) is 0 Å². The molecule has 0 aliphatic carbocycles. The van der Waals surface area contributed by atoms with Gasteiger partial charge in [0.2, 0.25) is 5.91 Å². The molecule has 0 saturated heterocycles. The van der Waals surface area contributed by atoms with E-state index < -0.39 is 11.9 Å². The molecule has 2 aromatic rings. The van der Waals surface area contributed by atoms with Gasteiger partial charge in [0.25, 0.3) is 0 Å². The Labute approximate surface area is 160 Å². The van der Waals surface area contributed by atoms with Crippen LogP contribution in [0.25, 0.3) is 0 Å². The Morgan fingerprint density at radius 1 is 1.11 bits per heavy atom. The number of rotatable bonds is 7. The summed E-state index contributed by atoms with van der Waals surface area (Å²) in [5.74, 6) is -1.50. The molecular weight excluding hydrogens is 372 g/mol. The first-order valence-corrected chi connectivity index (χ1v) is 8.98. The molecular formula is C17H20N4O5S. The van der Waals surface area contributed by atoms with E-state index in [9.17, 15) is 14.4 Å². The number of anilines is 1. The van der Waals surface area contributed by atoms with Crippen molar-refractivity contribution in [1.29, 1.82) is 0 Å². The molecule has 0 saturated carbocycles. The maximum absolute atomic E-state index is 12.3. The number of aromatic nitrogens is 3. The zero-order chi connectivity index (χ0) is 20.0. The minimum Gasteiger partial charge on any atom is -0.465 e. The molecule has 1 N–H and O–H groups in total. The average molecular weight is 392 g/mol. The smallest absolute Gasteiger partial charge is 0.337 e. The number of carbonyl (C=O) groups is 3. The summed E-state index contributed by atoms with van der Waals surface area (Å²) < 4.78 is 11.2. The highest BCUT2D eigenvalue weighted by Crippen LogP contribution is 2.20. The second-order valence-corrected chi connectivity index (χ2v) is 6.68. The predicted molar refractivity (Wildman–Crippen MR) is 98.9 cm³/mol. The third-order valence-corrected chi connectivity index (χ3v) is 4.45. The van der Waals surface area contributed by atoms with Gasteiger partial charge in [-0.25, -0.2) is 9.59 Å².